The van der Waals surface area contributed by atoms with Crippen LogP contribution in [-0.2, 0) is 6.18 Å². The minimum absolute atomic E-state index is 0.0641. The zero-order valence-corrected chi connectivity index (χ0v) is 16.4. The van der Waals surface area contributed by atoms with E-state index in [0.29, 0.717) is 6.54 Å². The molecule has 3 rings (SSSR count). The molecule has 10 heteroatoms. The van der Waals surface area contributed by atoms with E-state index in [9.17, 15) is 22.8 Å². The van der Waals surface area contributed by atoms with Crippen LogP contribution < -0.4 is 10.6 Å². The van der Waals surface area contributed by atoms with Crippen molar-refractivity contribution >= 4 is 28.3 Å². The molecule has 2 aromatic rings. The monoisotopic (exact) mass is 426 g/mol. The van der Waals surface area contributed by atoms with Crippen LogP contribution in [0.25, 0.3) is 0 Å². The number of amides is 2. The van der Waals surface area contributed by atoms with Crippen molar-refractivity contribution in [2.24, 2.45) is 0 Å². The Hall–Kier alpha value is -2.46. The summed E-state index contributed by atoms with van der Waals surface area (Å²) in [5.41, 5.74) is -1.40. The van der Waals surface area contributed by atoms with Crippen molar-refractivity contribution in [1.29, 1.82) is 0 Å². The summed E-state index contributed by atoms with van der Waals surface area (Å²) in [4.78, 5) is 30.8. The van der Waals surface area contributed by atoms with Crippen molar-refractivity contribution in [2.75, 3.05) is 31.5 Å². The number of rotatable bonds is 7. The number of carbonyl (C=O) groups is 2. The molecule has 1 aromatic heterocycles. The lowest BCUT2D eigenvalue weighted by atomic mass is 10.1. The molecule has 1 aromatic carbocycles. The molecule has 0 radical (unpaired) electrons. The van der Waals surface area contributed by atoms with Crippen LogP contribution in [0.15, 0.2) is 29.6 Å². The molecule has 0 bridgehead atoms. The number of nitrogens with zero attached hydrogens (tertiary/aromatic N) is 2. The molecule has 1 saturated heterocycles. The molecule has 0 aliphatic carbocycles. The van der Waals surface area contributed by atoms with Gasteiger partial charge in [-0.2, -0.15) is 13.2 Å². The average Bonchev–Trinajstić information content (AvgIpc) is 3.36. The van der Waals surface area contributed by atoms with Crippen molar-refractivity contribution in [3.8, 4) is 0 Å². The number of anilines is 1. The highest BCUT2D eigenvalue weighted by Crippen LogP contribution is 2.32. The maximum Gasteiger partial charge on any atom is 0.417 e. The maximum atomic E-state index is 13.1. The number of likely N-dealkylation sites (tertiary alicyclic amines) is 1. The summed E-state index contributed by atoms with van der Waals surface area (Å²) in [5, 5.41) is 6.62. The van der Waals surface area contributed by atoms with Gasteiger partial charge in [-0.1, -0.05) is 12.1 Å². The Bertz CT molecular complexity index is 863. The van der Waals surface area contributed by atoms with Gasteiger partial charge in [0.25, 0.3) is 11.8 Å². The van der Waals surface area contributed by atoms with Crippen molar-refractivity contribution in [1.82, 2.24) is 15.2 Å². The molecule has 1 aliphatic rings. The van der Waals surface area contributed by atoms with Gasteiger partial charge in [0.15, 0.2) is 5.13 Å². The van der Waals surface area contributed by atoms with E-state index >= 15 is 0 Å². The van der Waals surface area contributed by atoms with Crippen LogP contribution in [0.1, 0.15) is 45.7 Å². The first kappa shape index (κ1) is 21.3. The van der Waals surface area contributed by atoms with Crippen molar-refractivity contribution < 1.29 is 22.8 Å². The maximum absolute atomic E-state index is 13.1. The summed E-state index contributed by atoms with van der Waals surface area (Å²) >= 11 is 0.980. The zero-order valence-electron chi connectivity index (χ0n) is 15.6. The predicted octanol–water partition coefficient (Wildman–Crippen LogP) is 3.63. The molecule has 1 fully saturated rings. The summed E-state index contributed by atoms with van der Waals surface area (Å²) in [6.45, 7) is 3.63. The number of carbonyl (C=O) groups excluding carboxylic acids is 2. The van der Waals surface area contributed by atoms with Crippen LogP contribution in [0.4, 0.5) is 18.3 Å². The lowest BCUT2D eigenvalue weighted by Gasteiger charge is -2.13. The highest BCUT2D eigenvalue weighted by Gasteiger charge is 2.35. The molecule has 156 valence electrons. The Morgan fingerprint density at radius 2 is 1.86 bits per heavy atom. The molecule has 6 nitrogen and oxygen atoms in total. The molecular formula is C19H21F3N4O2S. The van der Waals surface area contributed by atoms with E-state index < -0.39 is 23.2 Å². The lowest BCUT2D eigenvalue weighted by Crippen LogP contribution is -2.28. The molecule has 0 unspecified atom stereocenters. The van der Waals surface area contributed by atoms with Crippen LogP contribution in [-0.4, -0.2) is 47.9 Å². The topological polar surface area (TPSA) is 74.3 Å². The fourth-order valence-corrected chi connectivity index (χ4v) is 3.82. The number of hydrogen-bond acceptors (Lipinski definition) is 5. The normalized spacial score (nSPS) is 14.7. The zero-order chi connectivity index (χ0) is 20.9. The van der Waals surface area contributed by atoms with Crippen molar-refractivity contribution in [3.63, 3.8) is 0 Å². The molecule has 2 heterocycles. The van der Waals surface area contributed by atoms with E-state index in [1.807, 2.05) is 0 Å². The number of halogens is 3. The first-order chi connectivity index (χ1) is 13.8. The molecule has 29 heavy (non-hydrogen) atoms. The van der Waals surface area contributed by atoms with Gasteiger partial charge >= 0.3 is 6.18 Å². The average molecular weight is 426 g/mol. The summed E-state index contributed by atoms with van der Waals surface area (Å²) in [6.07, 6.45) is -1.38. The van der Waals surface area contributed by atoms with Gasteiger partial charge in [0.1, 0.15) is 5.69 Å². The molecule has 1 aliphatic heterocycles. The number of alkyl halides is 3. The largest absolute Gasteiger partial charge is 0.417 e. The molecular weight excluding hydrogens is 405 g/mol. The van der Waals surface area contributed by atoms with E-state index in [0.717, 1.165) is 49.5 Å². The fourth-order valence-electron chi connectivity index (χ4n) is 3.13. The van der Waals surface area contributed by atoms with Crippen molar-refractivity contribution in [2.45, 2.75) is 25.4 Å². The SMILES string of the molecule is O=C(NCCCN1CCCC1)c1csc(NC(=O)c2ccccc2C(F)(F)F)n1. The highest BCUT2D eigenvalue weighted by molar-refractivity contribution is 7.14. The minimum Gasteiger partial charge on any atom is -0.351 e. The third-order valence-corrected chi connectivity index (χ3v) is 5.33. The van der Waals surface area contributed by atoms with Crippen LogP contribution in [0.5, 0.6) is 0 Å². The van der Waals surface area contributed by atoms with E-state index in [-0.39, 0.29) is 16.7 Å². The fraction of sp³-hybridized carbons (Fsp3) is 0.421. The summed E-state index contributed by atoms with van der Waals surface area (Å²) in [6, 6.07) is 4.51. The van der Waals surface area contributed by atoms with Gasteiger partial charge in [0, 0.05) is 11.9 Å². The Morgan fingerprint density at radius 3 is 2.59 bits per heavy atom. The second kappa shape index (κ2) is 9.36. The van der Waals surface area contributed by atoms with Gasteiger partial charge in [-0.15, -0.1) is 11.3 Å². The number of benzene rings is 1. The third kappa shape index (κ3) is 5.77. The van der Waals surface area contributed by atoms with E-state index in [4.69, 9.17) is 0 Å². The quantitative estimate of drug-likeness (QED) is 0.663. The first-order valence-electron chi connectivity index (χ1n) is 9.28. The second-order valence-electron chi connectivity index (χ2n) is 6.69. The summed E-state index contributed by atoms with van der Waals surface area (Å²) in [7, 11) is 0. The van der Waals surface area contributed by atoms with Gasteiger partial charge in [0.2, 0.25) is 0 Å². The molecule has 2 N–H and O–H groups in total. The Morgan fingerprint density at radius 1 is 1.14 bits per heavy atom. The van der Waals surface area contributed by atoms with Crippen LogP contribution in [0, 0.1) is 0 Å². The number of aromatic nitrogens is 1. The van der Waals surface area contributed by atoms with Crippen LogP contribution in [0.3, 0.4) is 0 Å². The Kier molecular flexibility index (Phi) is 6.86. The molecule has 0 spiro atoms. The summed E-state index contributed by atoms with van der Waals surface area (Å²) < 4.78 is 39.2. The van der Waals surface area contributed by atoms with Gasteiger partial charge < -0.3 is 10.2 Å². The van der Waals surface area contributed by atoms with Gasteiger partial charge in [-0.25, -0.2) is 4.98 Å². The van der Waals surface area contributed by atoms with Gasteiger partial charge in [0.05, 0.1) is 11.1 Å². The minimum atomic E-state index is -4.64. The molecule has 2 amide bonds. The Labute approximate surface area is 170 Å². The first-order valence-corrected chi connectivity index (χ1v) is 10.2. The van der Waals surface area contributed by atoms with E-state index in [1.165, 1.54) is 30.4 Å². The second-order valence-corrected chi connectivity index (χ2v) is 7.55. The smallest absolute Gasteiger partial charge is 0.351 e. The third-order valence-electron chi connectivity index (χ3n) is 4.57. The summed E-state index contributed by atoms with van der Waals surface area (Å²) in [5.74, 6) is -1.30. The number of thiazole rings is 1. The number of hydrogen-bond donors (Lipinski definition) is 2. The van der Waals surface area contributed by atoms with E-state index in [2.05, 4.69) is 20.5 Å². The van der Waals surface area contributed by atoms with Crippen LogP contribution >= 0.6 is 11.3 Å². The lowest BCUT2D eigenvalue weighted by molar-refractivity contribution is -0.137. The molecule has 0 atom stereocenters. The number of nitrogens with one attached hydrogen (secondary N) is 2. The van der Waals surface area contributed by atoms with Crippen LogP contribution in [0.2, 0.25) is 0 Å². The highest BCUT2D eigenvalue weighted by atomic mass is 32.1. The van der Waals surface area contributed by atoms with Gasteiger partial charge in [-0.3, -0.25) is 14.9 Å². The molecule has 0 saturated carbocycles. The Balaban J connectivity index is 1.53. The standard InChI is InChI=1S/C19H21F3N4O2S/c20-19(21,22)14-7-2-1-6-13(14)16(27)25-18-24-15(12-29-18)17(28)23-8-5-11-26-9-3-4-10-26/h1-2,6-7,12H,3-5,8-11H2,(H,23,28)(H,24,25,27). The van der Waals surface area contributed by atoms with Crippen molar-refractivity contribution in [3.05, 3.63) is 46.5 Å². The predicted molar refractivity (Wildman–Crippen MR) is 104 cm³/mol. The van der Waals surface area contributed by atoms with Gasteiger partial charge in [-0.05, 0) is 51.0 Å². The van der Waals surface area contributed by atoms with E-state index in [1.54, 1.807) is 0 Å².